The molecular weight excluding hydrogens is 208 g/mol. The molecule has 0 saturated heterocycles. The molecule has 0 spiro atoms. The van der Waals surface area contributed by atoms with Gasteiger partial charge < -0.3 is 15.3 Å². The van der Waals surface area contributed by atoms with Gasteiger partial charge in [0.05, 0.1) is 12.6 Å². The maximum Gasteiger partial charge on any atom is 0.239 e. The van der Waals surface area contributed by atoms with E-state index in [-0.39, 0.29) is 30.8 Å². The fourth-order valence-electron chi connectivity index (χ4n) is 1.19. The molecule has 2 N–H and O–H groups in total. The Morgan fingerprint density at radius 1 is 1.31 bits per heavy atom. The molecule has 0 aromatic heterocycles. The smallest absolute Gasteiger partial charge is 0.239 e. The molecule has 0 aromatic carbocycles. The van der Waals surface area contributed by atoms with Crippen LogP contribution in [0.5, 0.6) is 0 Å². The molecule has 94 valence electrons. The van der Waals surface area contributed by atoms with Crippen molar-refractivity contribution in [2.45, 2.75) is 45.8 Å². The monoisotopic (exact) mass is 230 g/mol. The van der Waals surface area contributed by atoms with E-state index in [1.165, 1.54) is 4.90 Å². The highest BCUT2D eigenvalue weighted by Crippen LogP contribution is 1.99. The minimum Gasteiger partial charge on any atom is -0.393 e. The molecule has 0 saturated carbocycles. The van der Waals surface area contributed by atoms with Crippen molar-refractivity contribution in [1.29, 1.82) is 0 Å². The summed E-state index contributed by atoms with van der Waals surface area (Å²) in [7, 11) is 1.59. The average molecular weight is 230 g/mol. The van der Waals surface area contributed by atoms with Crippen LogP contribution in [0.1, 0.15) is 33.6 Å². The van der Waals surface area contributed by atoms with E-state index in [9.17, 15) is 9.59 Å². The van der Waals surface area contributed by atoms with Crippen LogP contribution in [-0.4, -0.2) is 47.6 Å². The highest BCUT2D eigenvalue weighted by atomic mass is 16.3. The number of carbonyl (C=O) groups is 2. The second kappa shape index (κ2) is 7.22. The van der Waals surface area contributed by atoms with E-state index in [1.807, 2.05) is 13.8 Å². The summed E-state index contributed by atoms with van der Waals surface area (Å²) in [6.07, 6.45) is 0.208. The summed E-state index contributed by atoms with van der Waals surface area (Å²) in [6.45, 7) is 5.44. The van der Waals surface area contributed by atoms with Gasteiger partial charge in [-0.15, -0.1) is 0 Å². The van der Waals surface area contributed by atoms with E-state index in [0.29, 0.717) is 6.42 Å². The minimum atomic E-state index is -0.484. The normalized spacial score (nSPS) is 12.4. The molecule has 0 heterocycles. The Balaban J connectivity index is 3.91. The van der Waals surface area contributed by atoms with Crippen LogP contribution in [0.15, 0.2) is 0 Å². The fourth-order valence-corrected chi connectivity index (χ4v) is 1.19. The van der Waals surface area contributed by atoms with E-state index in [1.54, 1.807) is 14.0 Å². The third-order valence-electron chi connectivity index (χ3n) is 2.03. The number of nitrogens with zero attached hydrogens (tertiary/aromatic N) is 1. The Labute approximate surface area is 96.8 Å². The molecule has 0 aromatic rings. The van der Waals surface area contributed by atoms with Crippen LogP contribution in [-0.2, 0) is 9.59 Å². The van der Waals surface area contributed by atoms with E-state index in [0.717, 1.165) is 0 Å². The third-order valence-corrected chi connectivity index (χ3v) is 2.03. The predicted molar refractivity (Wildman–Crippen MR) is 61.8 cm³/mol. The van der Waals surface area contributed by atoms with Crippen LogP contribution in [0.2, 0.25) is 0 Å². The highest BCUT2D eigenvalue weighted by molar-refractivity contribution is 5.84. The van der Waals surface area contributed by atoms with Crippen LogP contribution in [0.3, 0.4) is 0 Å². The van der Waals surface area contributed by atoms with Crippen LogP contribution >= 0.6 is 0 Å². The van der Waals surface area contributed by atoms with Crippen molar-refractivity contribution in [3.63, 3.8) is 0 Å². The van der Waals surface area contributed by atoms with E-state index < -0.39 is 6.10 Å². The number of nitrogens with one attached hydrogen (secondary N) is 1. The molecule has 0 aliphatic carbocycles. The van der Waals surface area contributed by atoms with Crippen molar-refractivity contribution in [2.75, 3.05) is 13.6 Å². The van der Waals surface area contributed by atoms with Gasteiger partial charge in [0.15, 0.2) is 0 Å². The average Bonchev–Trinajstić information content (AvgIpc) is 2.12. The molecule has 0 bridgehead atoms. The Hall–Kier alpha value is -1.10. The van der Waals surface area contributed by atoms with E-state index >= 15 is 0 Å². The molecule has 1 unspecified atom stereocenters. The van der Waals surface area contributed by atoms with Gasteiger partial charge in [-0.05, 0) is 27.2 Å². The molecule has 0 aliphatic rings. The van der Waals surface area contributed by atoms with E-state index in [4.69, 9.17) is 5.11 Å². The van der Waals surface area contributed by atoms with E-state index in [2.05, 4.69) is 5.32 Å². The lowest BCUT2D eigenvalue weighted by Gasteiger charge is -2.18. The summed E-state index contributed by atoms with van der Waals surface area (Å²) in [4.78, 5) is 24.2. The molecule has 0 fully saturated rings. The number of carbonyl (C=O) groups excluding carboxylic acids is 2. The zero-order valence-electron chi connectivity index (χ0n) is 10.5. The number of amides is 2. The summed E-state index contributed by atoms with van der Waals surface area (Å²) < 4.78 is 0. The van der Waals surface area contributed by atoms with Crippen LogP contribution in [0.4, 0.5) is 0 Å². The summed E-state index contributed by atoms with van der Waals surface area (Å²) in [5, 5.41) is 11.7. The second-order valence-electron chi connectivity index (χ2n) is 4.36. The zero-order valence-corrected chi connectivity index (χ0v) is 10.5. The number of hydrogen-bond donors (Lipinski definition) is 2. The number of aliphatic hydroxyl groups excluding tert-OH is 1. The largest absolute Gasteiger partial charge is 0.393 e. The molecule has 5 heteroatoms. The molecule has 0 rings (SSSR count). The van der Waals surface area contributed by atoms with Crippen molar-refractivity contribution in [2.24, 2.45) is 0 Å². The number of rotatable bonds is 6. The molecule has 1 atom stereocenters. The number of aliphatic hydroxyl groups is 1. The van der Waals surface area contributed by atoms with Crippen molar-refractivity contribution < 1.29 is 14.7 Å². The molecule has 2 amide bonds. The first kappa shape index (κ1) is 14.9. The summed E-state index contributed by atoms with van der Waals surface area (Å²) in [5.74, 6) is -0.289. The van der Waals surface area contributed by atoms with Gasteiger partial charge in [0.25, 0.3) is 0 Å². The summed E-state index contributed by atoms with van der Waals surface area (Å²) in [6, 6.07) is 0.0773. The first-order chi connectivity index (χ1) is 7.32. The van der Waals surface area contributed by atoms with Gasteiger partial charge in [0.2, 0.25) is 11.8 Å². The van der Waals surface area contributed by atoms with Gasteiger partial charge in [-0.1, -0.05) is 0 Å². The third kappa shape index (κ3) is 7.23. The van der Waals surface area contributed by atoms with Crippen molar-refractivity contribution in [3.8, 4) is 0 Å². The molecular formula is C11H22N2O3. The fraction of sp³-hybridized carbons (Fsp3) is 0.818. The van der Waals surface area contributed by atoms with Crippen LogP contribution in [0.25, 0.3) is 0 Å². The predicted octanol–water partition coefficient (Wildman–Crippen LogP) is 0.130. The highest BCUT2D eigenvalue weighted by Gasteiger charge is 2.13. The number of hydrogen-bond acceptors (Lipinski definition) is 3. The molecule has 16 heavy (non-hydrogen) atoms. The van der Waals surface area contributed by atoms with Gasteiger partial charge in [-0.3, -0.25) is 9.59 Å². The Morgan fingerprint density at radius 2 is 1.88 bits per heavy atom. The lowest BCUT2D eigenvalue weighted by molar-refractivity contribution is -0.135. The van der Waals surface area contributed by atoms with Crippen molar-refractivity contribution in [3.05, 3.63) is 0 Å². The van der Waals surface area contributed by atoms with Gasteiger partial charge in [0, 0.05) is 19.5 Å². The molecule has 5 nitrogen and oxygen atoms in total. The Kier molecular flexibility index (Phi) is 6.72. The topological polar surface area (TPSA) is 69.6 Å². The van der Waals surface area contributed by atoms with Crippen LogP contribution < -0.4 is 5.32 Å². The SMILES string of the molecule is CC(O)CCC(=O)N(C)CC(=O)NC(C)C. The zero-order chi connectivity index (χ0) is 12.7. The van der Waals surface area contributed by atoms with Crippen molar-refractivity contribution in [1.82, 2.24) is 10.2 Å². The standard InChI is InChI=1S/C11H22N2O3/c1-8(2)12-10(15)7-13(4)11(16)6-5-9(3)14/h8-9,14H,5-7H2,1-4H3,(H,12,15). The number of likely N-dealkylation sites (N-methyl/N-ethyl adjacent to an activating group) is 1. The second-order valence-corrected chi connectivity index (χ2v) is 4.36. The Morgan fingerprint density at radius 3 is 2.31 bits per heavy atom. The van der Waals surface area contributed by atoms with Gasteiger partial charge in [-0.25, -0.2) is 0 Å². The van der Waals surface area contributed by atoms with Crippen LogP contribution in [0, 0.1) is 0 Å². The van der Waals surface area contributed by atoms with Gasteiger partial charge >= 0.3 is 0 Å². The lowest BCUT2D eigenvalue weighted by Crippen LogP contribution is -2.40. The summed E-state index contributed by atoms with van der Waals surface area (Å²) in [5.41, 5.74) is 0. The summed E-state index contributed by atoms with van der Waals surface area (Å²) >= 11 is 0. The quantitative estimate of drug-likeness (QED) is 0.681. The van der Waals surface area contributed by atoms with Gasteiger partial charge in [-0.2, -0.15) is 0 Å². The maximum absolute atomic E-state index is 11.5. The first-order valence-corrected chi connectivity index (χ1v) is 5.54. The first-order valence-electron chi connectivity index (χ1n) is 5.54. The maximum atomic E-state index is 11.5. The van der Waals surface area contributed by atoms with Crippen molar-refractivity contribution >= 4 is 11.8 Å². The molecule has 0 aliphatic heterocycles. The Bertz CT molecular complexity index is 239. The lowest BCUT2D eigenvalue weighted by atomic mass is 10.2. The minimum absolute atomic E-state index is 0.0663. The molecule has 0 radical (unpaired) electrons. The van der Waals surface area contributed by atoms with Gasteiger partial charge in [0.1, 0.15) is 0 Å².